The molecule has 1 fully saturated rings. The quantitative estimate of drug-likeness (QED) is 0.535. The molecule has 1 aromatic rings. The fourth-order valence-corrected chi connectivity index (χ4v) is 4.57. The first-order chi connectivity index (χ1) is 12.8. The van der Waals surface area contributed by atoms with Crippen LogP contribution in [0.3, 0.4) is 0 Å². The number of thioether (sulfide) groups is 1. The zero-order chi connectivity index (χ0) is 19.7. The van der Waals surface area contributed by atoms with Crippen molar-refractivity contribution in [3.05, 3.63) is 65.6 Å². The van der Waals surface area contributed by atoms with Crippen molar-refractivity contribution in [2.75, 3.05) is 5.75 Å². The zero-order valence-corrected chi connectivity index (χ0v) is 16.0. The molecule has 2 amide bonds. The number of carbonyl (C=O) groups is 2. The Bertz CT molecular complexity index is 844. The number of aliphatic hydroxyl groups is 1. The number of benzene rings is 1. The van der Waals surface area contributed by atoms with E-state index in [0.717, 1.165) is 11.1 Å². The van der Waals surface area contributed by atoms with Gasteiger partial charge in [0.05, 0.1) is 11.6 Å². The number of phenols is 1. The summed E-state index contributed by atoms with van der Waals surface area (Å²) in [5.74, 6) is -0.368. The predicted octanol–water partition coefficient (Wildman–Crippen LogP) is 2.80. The Morgan fingerprint density at radius 1 is 1.41 bits per heavy atom. The standard InChI is InChI=1S/C20H22N2O4S/c1-4-5-14-10-27-20-16(19(26)22(20)17(14)12(3)23)21-18(25)11(2)13-6-8-15(24)9-7-13/h4-9,11,16,20,23-24H,3,10H2,1-2H3,(H,21,25)/b5-4-/t11-,16?,20?/m1/s1. The first-order valence-corrected chi connectivity index (χ1v) is 9.68. The van der Waals surface area contributed by atoms with E-state index in [2.05, 4.69) is 11.9 Å². The van der Waals surface area contributed by atoms with Crippen molar-refractivity contribution in [3.63, 3.8) is 0 Å². The minimum absolute atomic E-state index is 0.134. The summed E-state index contributed by atoms with van der Waals surface area (Å²) < 4.78 is 0. The normalized spacial score (nSPS) is 23.0. The Labute approximate surface area is 162 Å². The maximum atomic E-state index is 12.7. The second-order valence-corrected chi connectivity index (χ2v) is 7.63. The minimum Gasteiger partial charge on any atom is -0.508 e. The van der Waals surface area contributed by atoms with Gasteiger partial charge in [-0.15, -0.1) is 11.8 Å². The molecule has 2 heterocycles. The SMILES string of the molecule is C=C(O)C1=C(/C=C\C)CSC2C(NC(=O)[C@H](C)c3ccc(O)cc3)C(=O)N12. The summed E-state index contributed by atoms with van der Waals surface area (Å²) in [6, 6.07) is 5.79. The van der Waals surface area contributed by atoms with E-state index in [-0.39, 0.29) is 28.7 Å². The number of nitrogens with zero attached hydrogens (tertiary/aromatic N) is 1. The van der Waals surface area contributed by atoms with Gasteiger partial charge in [-0.3, -0.25) is 14.5 Å². The second-order valence-electron chi connectivity index (χ2n) is 6.53. The third kappa shape index (κ3) is 3.47. The number of fused-ring (bicyclic) bond motifs is 1. The molecular weight excluding hydrogens is 364 g/mol. The molecule has 1 saturated heterocycles. The number of hydrogen-bond donors (Lipinski definition) is 3. The van der Waals surface area contributed by atoms with Gasteiger partial charge in [0.15, 0.2) is 0 Å². The second kappa shape index (κ2) is 7.52. The van der Waals surface area contributed by atoms with Gasteiger partial charge in [-0.1, -0.05) is 30.9 Å². The van der Waals surface area contributed by atoms with E-state index < -0.39 is 12.0 Å². The summed E-state index contributed by atoms with van der Waals surface area (Å²) >= 11 is 1.54. The summed E-state index contributed by atoms with van der Waals surface area (Å²) in [5.41, 5.74) is 2.02. The van der Waals surface area contributed by atoms with Crippen LogP contribution in [0.1, 0.15) is 25.3 Å². The molecule has 6 nitrogen and oxygen atoms in total. The average Bonchev–Trinajstić information content (AvgIpc) is 2.65. The lowest BCUT2D eigenvalue weighted by molar-refractivity contribution is -0.146. The molecule has 0 spiro atoms. The van der Waals surface area contributed by atoms with E-state index in [4.69, 9.17) is 0 Å². The van der Waals surface area contributed by atoms with Gasteiger partial charge in [0.2, 0.25) is 5.91 Å². The van der Waals surface area contributed by atoms with E-state index in [9.17, 15) is 19.8 Å². The largest absolute Gasteiger partial charge is 0.508 e. The Morgan fingerprint density at radius 3 is 2.67 bits per heavy atom. The van der Waals surface area contributed by atoms with Gasteiger partial charge in [-0.25, -0.2) is 0 Å². The highest BCUT2D eigenvalue weighted by Gasteiger charge is 2.53. The molecule has 2 aliphatic heterocycles. The van der Waals surface area contributed by atoms with Gasteiger partial charge in [0.1, 0.15) is 22.9 Å². The molecule has 27 heavy (non-hydrogen) atoms. The number of aromatic hydroxyl groups is 1. The van der Waals surface area contributed by atoms with Crippen LogP contribution < -0.4 is 5.32 Å². The molecule has 7 heteroatoms. The first-order valence-electron chi connectivity index (χ1n) is 8.63. The van der Waals surface area contributed by atoms with Gasteiger partial charge >= 0.3 is 0 Å². The van der Waals surface area contributed by atoms with Crippen molar-refractivity contribution < 1.29 is 19.8 Å². The smallest absolute Gasteiger partial charge is 0.253 e. The molecule has 0 aliphatic carbocycles. The van der Waals surface area contributed by atoms with Crippen LogP contribution in [-0.4, -0.2) is 44.1 Å². The van der Waals surface area contributed by atoms with Gasteiger partial charge in [0.25, 0.3) is 5.91 Å². The topological polar surface area (TPSA) is 89.9 Å². The van der Waals surface area contributed by atoms with E-state index in [1.807, 2.05) is 19.1 Å². The summed E-state index contributed by atoms with van der Waals surface area (Å²) in [5, 5.41) is 21.9. The van der Waals surface area contributed by atoms with Crippen molar-refractivity contribution >= 4 is 23.6 Å². The Hall–Kier alpha value is -2.67. The van der Waals surface area contributed by atoms with Crippen LogP contribution >= 0.6 is 11.8 Å². The van der Waals surface area contributed by atoms with Gasteiger partial charge in [-0.05, 0) is 37.1 Å². The number of nitrogens with one attached hydrogen (secondary N) is 1. The van der Waals surface area contributed by atoms with Crippen LogP contribution in [-0.2, 0) is 9.59 Å². The monoisotopic (exact) mass is 386 g/mol. The summed E-state index contributed by atoms with van der Waals surface area (Å²) in [4.78, 5) is 26.7. The third-order valence-corrected chi connectivity index (χ3v) is 6.03. The maximum absolute atomic E-state index is 12.7. The number of β-lactam (4-membered cyclic amide) rings is 1. The number of rotatable bonds is 5. The fourth-order valence-electron chi connectivity index (χ4n) is 3.25. The van der Waals surface area contributed by atoms with Crippen LogP contribution in [0.15, 0.2) is 60.0 Å². The predicted molar refractivity (Wildman–Crippen MR) is 105 cm³/mol. The molecule has 0 aromatic heterocycles. The molecule has 0 bridgehead atoms. The number of phenolic OH excluding ortho intramolecular Hbond substituents is 1. The van der Waals surface area contributed by atoms with Crippen LogP contribution in [0, 0.1) is 0 Å². The van der Waals surface area contributed by atoms with Crippen LogP contribution in [0.5, 0.6) is 5.75 Å². The van der Waals surface area contributed by atoms with Gasteiger partial charge in [0, 0.05) is 5.75 Å². The highest BCUT2D eigenvalue weighted by atomic mass is 32.2. The number of carbonyl (C=O) groups excluding carboxylic acids is 2. The summed E-state index contributed by atoms with van der Waals surface area (Å²) in [7, 11) is 0. The van der Waals surface area contributed by atoms with Crippen LogP contribution in [0.2, 0.25) is 0 Å². The first kappa shape index (κ1) is 19.1. The van der Waals surface area contributed by atoms with E-state index in [1.54, 1.807) is 30.8 Å². The van der Waals surface area contributed by atoms with Crippen LogP contribution in [0.25, 0.3) is 0 Å². The molecular formula is C20H22N2O4S. The third-order valence-electron chi connectivity index (χ3n) is 4.72. The van der Waals surface area contributed by atoms with Crippen molar-refractivity contribution in [1.29, 1.82) is 0 Å². The summed E-state index contributed by atoms with van der Waals surface area (Å²) in [6.45, 7) is 7.20. The Balaban J connectivity index is 1.74. The Kier molecular flexibility index (Phi) is 5.32. The molecule has 0 radical (unpaired) electrons. The van der Waals surface area contributed by atoms with Crippen LogP contribution in [0.4, 0.5) is 0 Å². The number of aliphatic hydroxyl groups excluding tert-OH is 1. The highest BCUT2D eigenvalue weighted by molar-refractivity contribution is 8.00. The van der Waals surface area contributed by atoms with Gasteiger partial charge < -0.3 is 15.5 Å². The van der Waals surface area contributed by atoms with Crippen molar-refractivity contribution in [1.82, 2.24) is 10.2 Å². The molecule has 1 aromatic carbocycles. The molecule has 2 aliphatic rings. The lowest BCUT2D eigenvalue weighted by Crippen LogP contribution is -2.70. The molecule has 2 unspecified atom stereocenters. The maximum Gasteiger partial charge on any atom is 0.253 e. The lowest BCUT2D eigenvalue weighted by atomic mass is 9.97. The van der Waals surface area contributed by atoms with E-state index >= 15 is 0 Å². The molecule has 0 saturated carbocycles. The molecule has 142 valence electrons. The highest BCUT2D eigenvalue weighted by Crippen LogP contribution is 2.42. The van der Waals surface area contributed by atoms with E-state index in [1.165, 1.54) is 17.0 Å². The average molecular weight is 386 g/mol. The lowest BCUT2D eigenvalue weighted by Gasteiger charge is -2.50. The number of hydrogen-bond acceptors (Lipinski definition) is 5. The Morgan fingerprint density at radius 2 is 2.07 bits per heavy atom. The van der Waals surface area contributed by atoms with Crippen molar-refractivity contribution in [2.45, 2.75) is 31.2 Å². The molecule has 3 atom stereocenters. The van der Waals surface area contributed by atoms with E-state index in [0.29, 0.717) is 11.4 Å². The van der Waals surface area contributed by atoms with Crippen molar-refractivity contribution in [2.24, 2.45) is 0 Å². The van der Waals surface area contributed by atoms with Crippen molar-refractivity contribution in [3.8, 4) is 5.75 Å². The number of amides is 2. The fraction of sp³-hybridized carbons (Fsp3) is 0.300. The van der Waals surface area contributed by atoms with Gasteiger partial charge in [-0.2, -0.15) is 0 Å². The molecule has 3 rings (SSSR count). The zero-order valence-electron chi connectivity index (χ0n) is 15.2. The number of allylic oxidation sites excluding steroid dienone is 2. The summed E-state index contributed by atoms with van der Waals surface area (Å²) in [6.07, 6.45) is 3.70. The molecule has 3 N–H and O–H groups in total. The minimum atomic E-state index is -0.636.